The zero-order chi connectivity index (χ0) is 16.8. The number of carbonyl (C=O) groups is 1. The predicted octanol–water partition coefficient (Wildman–Crippen LogP) is 4.15. The molecular weight excluding hydrogens is 321 g/mol. The van der Waals surface area contributed by atoms with Crippen molar-refractivity contribution in [2.24, 2.45) is 0 Å². The van der Waals surface area contributed by atoms with Gasteiger partial charge in [0.05, 0.1) is 19.9 Å². The molecule has 2 aromatic carbocycles. The van der Waals surface area contributed by atoms with Gasteiger partial charge in [-0.25, -0.2) is 4.39 Å². The number of amides is 1. The monoisotopic (exact) mass is 335 g/mol. The molecule has 0 heterocycles. The summed E-state index contributed by atoms with van der Waals surface area (Å²) in [5.74, 6) is 0.142. The molecule has 0 spiro atoms. The third kappa shape index (κ3) is 4.47. The fourth-order valence-corrected chi connectivity index (χ4v) is 2.05. The van der Waals surface area contributed by atoms with Crippen LogP contribution in [-0.2, 0) is 4.79 Å². The maximum absolute atomic E-state index is 13.6. The van der Waals surface area contributed by atoms with E-state index in [-0.39, 0.29) is 10.7 Å². The van der Waals surface area contributed by atoms with Crippen LogP contribution in [0.1, 0.15) is 5.56 Å². The van der Waals surface area contributed by atoms with Gasteiger partial charge in [0.15, 0.2) is 0 Å². The van der Waals surface area contributed by atoms with Gasteiger partial charge in [0, 0.05) is 22.7 Å². The number of rotatable bonds is 5. The molecule has 0 bridgehead atoms. The van der Waals surface area contributed by atoms with E-state index in [1.807, 2.05) is 0 Å². The van der Waals surface area contributed by atoms with Gasteiger partial charge in [-0.15, -0.1) is 0 Å². The molecule has 23 heavy (non-hydrogen) atoms. The molecule has 0 radical (unpaired) electrons. The average molecular weight is 336 g/mol. The fraction of sp³-hybridized carbons (Fsp3) is 0.118. The van der Waals surface area contributed by atoms with Crippen LogP contribution in [0.3, 0.4) is 0 Å². The van der Waals surface area contributed by atoms with E-state index in [1.165, 1.54) is 25.3 Å². The Morgan fingerprint density at radius 3 is 2.61 bits per heavy atom. The van der Waals surface area contributed by atoms with Crippen molar-refractivity contribution < 1.29 is 18.7 Å². The Hall–Kier alpha value is -2.53. The summed E-state index contributed by atoms with van der Waals surface area (Å²) < 4.78 is 24.0. The first kappa shape index (κ1) is 16.8. The van der Waals surface area contributed by atoms with Gasteiger partial charge in [0.2, 0.25) is 5.91 Å². The van der Waals surface area contributed by atoms with Crippen LogP contribution in [0.2, 0.25) is 5.02 Å². The summed E-state index contributed by atoms with van der Waals surface area (Å²) in [7, 11) is 3.08. The molecule has 0 aliphatic heterocycles. The third-order valence-electron chi connectivity index (χ3n) is 3.04. The maximum atomic E-state index is 13.6. The highest BCUT2D eigenvalue weighted by atomic mass is 35.5. The topological polar surface area (TPSA) is 47.6 Å². The maximum Gasteiger partial charge on any atom is 0.248 e. The number of carbonyl (C=O) groups excluding carboxylic acids is 1. The summed E-state index contributed by atoms with van der Waals surface area (Å²) in [4.78, 5) is 11.9. The first-order valence-electron chi connectivity index (χ1n) is 6.69. The lowest BCUT2D eigenvalue weighted by molar-refractivity contribution is -0.111. The summed E-state index contributed by atoms with van der Waals surface area (Å²) in [5.41, 5.74) is 0.755. The number of anilines is 1. The first-order valence-corrected chi connectivity index (χ1v) is 7.07. The quantitative estimate of drug-likeness (QED) is 0.835. The van der Waals surface area contributed by atoms with Crippen molar-refractivity contribution >= 4 is 29.3 Å². The molecule has 0 atom stereocenters. The van der Waals surface area contributed by atoms with Crippen molar-refractivity contribution in [1.29, 1.82) is 0 Å². The molecule has 0 aromatic heterocycles. The molecule has 1 N–H and O–H groups in total. The molecule has 4 nitrogen and oxygen atoms in total. The summed E-state index contributed by atoms with van der Waals surface area (Å²) in [6.07, 6.45) is 2.86. The number of nitrogens with one attached hydrogen (secondary N) is 1. The minimum absolute atomic E-state index is 0.0609. The lowest BCUT2D eigenvalue weighted by Gasteiger charge is -2.07. The SMILES string of the molecule is COc1ccc(/C=C/C(=O)Nc2ccc(Cl)cc2F)c(OC)c1. The van der Waals surface area contributed by atoms with Gasteiger partial charge in [-0.1, -0.05) is 11.6 Å². The third-order valence-corrected chi connectivity index (χ3v) is 3.28. The van der Waals surface area contributed by atoms with E-state index in [9.17, 15) is 9.18 Å². The second kappa shape index (κ2) is 7.65. The Morgan fingerprint density at radius 2 is 1.96 bits per heavy atom. The number of hydrogen-bond donors (Lipinski definition) is 1. The Bertz CT molecular complexity index is 747. The van der Waals surface area contributed by atoms with Gasteiger partial charge >= 0.3 is 0 Å². The number of hydrogen-bond acceptors (Lipinski definition) is 3. The van der Waals surface area contributed by atoms with Crippen LogP contribution >= 0.6 is 11.6 Å². The molecule has 0 aliphatic rings. The summed E-state index contributed by atoms with van der Waals surface area (Å²) in [6, 6.07) is 9.24. The molecule has 6 heteroatoms. The van der Waals surface area contributed by atoms with Crippen molar-refractivity contribution in [3.8, 4) is 11.5 Å². The van der Waals surface area contributed by atoms with Crippen molar-refractivity contribution in [2.75, 3.05) is 19.5 Å². The number of methoxy groups -OCH3 is 2. The van der Waals surface area contributed by atoms with Gasteiger partial charge in [-0.2, -0.15) is 0 Å². The highest BCUT2D eigenvalue weighted by Gasteiger charge is 2.06. The summed E-state index contributed by atoms with van der Waals surface area (Å²) in [5, 5.41) is 2.71. The molecule has 0 aliphatic carbocycles. The molecule has 1 amide bonds. The standard InChI is InChI=1S/C17H15ClFNO3/c1-22-13-6-3-11(16(10-13)23-2)4-8-17(21)20-15-7-5-12(18)9-14(15)19/h3-10H,1-2H3,(H,20,21)/b8-4+. The van der Waals surface area contributed by atoms with Crippen molar-refractivity contribution in [3.05, 3.63) is 58.9 Å². The minimum Gasteiger partial charge on any atom is -0.497 e. The largest absolute Gasteiger partial charge is 0.497 e. The van der Waals surface area contributed by atoms with Crippen molar-refractivity contribution in [2.45, 2.75) is 0 Å². The van der Waals surface area contributed by atoms with Crippen molar-refractivity contribution in [3.63, 3.8) is 0 Å². The normalized spacial score (nSPS) is 10.6. The lowest BCUT2D eigenvalue weighted by Crippen LogP contribution is -2.09. The Balaban J connectivity index is 2.12. The number of benzene rings is 2. The molecule has 0 unspecified atom stereocenters. The first-order chi connectivity index (χ1) is 11.0. The van der Waals surface area contributed by atoms with Gasteiger partial charge in [0.25, 0.3) is 0 Å². The van der Waals surface area contributed by atoms with Crippen LogP contribution in [-0.4, -0.2) is 20.1 Å². The molecular formula is C17H15ClFNO3. The zero-order valence-electron chi connectivity index (χ0n) is 12.6. The van der Waals surface area contributed by atoms with E-state index in [2.05, 4.69) is 5.32 Å². The predicted molar refractivity (Wildman–Crippen MR) is 88.6 cm³/mol. The van der Waals surface area contributed by atoms with E-state index in [0.29, 0.717) is 17.1 Å². The van der Waals surface area contributed by atoms with Crippen molar-refractivity contribution in [1.82, 2.24) is 0 Å². The molecule has 2 aromatic rings. The highest BCUT2D eigenvalue weighted by Crippen LogP contribution is 2.25. The molecule has 0 fully saturated rings. The Kier molecular flexibility index (Phi) is 5.60. The van der Waals surface area contributed by atoms with Crippen LogP contribution < -0.4 is 14.8 Å². The van der Waals surface area contributed by atoms with Gasteiger partial charge in [0.1, 0.15) is 17.3 Å². The fourth-order valence-electron chi connectivity index (χ4n) is 1.89. The van der Waals surface area contributed by atoms with Crippen LogP contribution in [0, 0.1) is 5.82 Å². The smallest absolute Gasteiger partial charge is 0.248 e. The summed E-state index contributed by atoms with van der Waals surface area (Å²) >= 11 is 5.66. The van der Waals surface area contributed by atoms with Crippen LogP contribution in [0.5, 0.6) is 11.5 Å². The van der Waals surface area contributed by atoms with E-state index in [4.69, 9.17) is 21.1 Å². The van der Waals surface area contributed by atoms with Crippen LogP contribution in [0.25, 0.3) is 6.08 Å². The summed E-state index contributed by atoms with van der Waals surface area (Å²) in [6.45, 7) is 0. The molecule has 0 saturated heterocycles. The zero-order valence-corrected chi connectivity index (χ0v) is 13.4. The Labute approximate surface area is 138 Å². The average Bonchev–Trinajstić information content (AvgIpc) is 2.55. The Morgan fingerprint density at radius 1 is 1.17 bits per heavy atom. The van der Waals surface area contributed by atoms with E-state index >= 15 is 0 Å². The second-order valence-corrected chi connectivity index (χ2v) is 4.99. The number of halogens is 2. The van der Waals surface area contributed by atoms with Gasteiger partial charge in [-0.3, -0.25) is 4.79 Å². The molecule has 120 valence electrons. The molecule has 0 saturated carbocycles. The lowest BCUT2D eigenvalue weighted by atomic mass is 10.1. The number of ether oxygens (including phenoxy) is 2. The van der Waals surface area contributed by atoms with Crippen LogP contribution in [0.4, 0.5) is 10.1 Å². The van der Waals surface area contributed by atoms with Gasteiger partial charge in [-0.05, 0) is 36.4 Å². The second-order valence-electron chi connectivity index (χ2n) is 4.55. The van der Waals surface area contributed by atoms with Crippen LogP contribution in [0.15, 0.2) is 42.5 Å². The van der Waals surface area contributed by atoms with E-state index in [0.717, 1.165) is 6.07 Å². The highest BCUT2D eigenvalue weighted by molar-refractivity contribution is 6.30. The molecule has 2 rings (SSSR count). The van der Waals surface area contributed by atoms with Gasteiger partial charge < -0.3 is 14.8 Å². The minimum atomic E-state index is -0.596. The van der Waals surface area contributed by atoms with E-state index in [1.54, 1.807) is 31.4 Å². The van der Waals surface area contributed by atoms with E-state index < -0.39 is 11.7 Å².